The van der Waals surface area contributed by atoms with Gasteiger partial charge in [-0.3, -0.25) is 0 Å². The molecule has 1 fully saturated rings. The summed E-state index contributed by atoms with van der Waals surface area (Å²) >= 11 is 0. The summed E-state index contributed by atoms with van der Waals surface area (Å²) in [4.78, 5) is 11.8. The molecule has 0 saturated heterocycles. The first-order valence-electron chi connectivity index (χ1n) is 8.07. The molecule has 1 saturated carbocycles. The second-order valence-corrected chi connectivity index (χ2v) is 5.83. The number of ether oxygens (including phenoxy) is 1. The molecule has 5 nitrogen and oxygen atoms in total. The fraction of sp³-hybridized carbons (Fsp3) is 0.588. The lowest BCUT2D eigenvalue weighted by molar-refractivity contribution is 0.0943. The van der Waals surface area contributed by atoms with Crippen LogP contribution in [0.25, 0.3) is 0 Å². The summed E-state index contributed by atoms with van der Waals surface area (Å²) < 4.78 is 5.67. The summed E-state index contributed by atoms with van der Waals surface area (Å²) in [6, 6.07) is 7.56. The molecule has 1 aromatic rings. The van der Waals surface area contributed by atoms with E-state index in [4.69, 9.17) is 4.74 Å². The smallest absolute Gasteiger partial charge is 0.315 e. The largest absolute Gasteiger partial charge is 0.493 e. The Balaban J connectivity index is 1.58. The van der Waals surface area contributed by atoms with Gasteiger partial charge >= 0.3 is 6.03 Å². The molecule has 1 aliphatic carbocycles. The molecule has 1 aromatic carbocycles. The number of aliphatic hydroxyl groups excluding tert-OH is 1. The molecule has 3 N–H and O–H groups in total. The van der Waals surface area contributed by atoms with Crippen LogP contribution in [0.15, 0.2) is 24.3 Å². The zero-order valence-corrected chi connectivity index (χ0v) is 13.2. The second-order valence-electron chi connectivity index (χ2n) is 5.83. The number of nitrogens with one attached hydrogen (secondary N) is 2. The van der Waals surface area contributed by atoms with Gasteiger partial charge in [0.05, 0.1) is 18.8 Å². The van der Waals surface area contributed by atoms with E-state index in [1.54, 1.807) is 0 Å². The molecule has 122 valence electrons. The Morgan fingerprint density at radius 2 is 2.09 bits per heavy atom. The number of hydrogen-bond donors (Lipinski definition) is 3. The van der Waals surface area contributed by atoms with Crippen LogP contribution in [0.3, 0.4) is 0 Å². The van der Waals surface area contributed by atoms with E-state index in [1.165, 1.54) is 0 Å². The lowest BCUT2D eigenvalue weighted by Crippen LogP contribution is -2.49. The number of carbonyl (C=O) groups excluding carboxylic acids is 1. The van der Waals surface area contributed by atoms with Crippen molar-refractivity contribution in [3.8, 4) is 5.75 Å². The van der Waals surface area contributed by atoms with Gasteiger partial charge in [-0.2, -0.15) is 0 Å². The summed E-state index contributed by atoms with van der Waals surface area (Å²) in [5.41, 5.74) is 1.11. The number of hydrogen-bond acceptors (Lipinski definition) is 3. The van der Waals surface area contributed by atoms with Gasteiger partial charge in [0.1, 0.15) is 5.75 Å². The number of benzene rings is 1. The van der Waals surface area contributed by atoms with Gasteiger partial charge in [0.2, 0.25) is 0 Å². The fourth-order valence-corrected chi connectivity index (χ4v) is 2.67. The standard InChI is InChI=1S/C17H26N2O3/c1-13-7-2-5-10-16(13)22-12-6-11-18-17(21)19-14-8-3-4-9-15(14)20/h2,5,7,10,14-15,20H,3-4,6,8-9,11-12H2,1H3,(H2,18,19,21). The van der Waals surface area contributed by atoms with Crippen LogP contribution in [0, 0.1) is 6.92 Å². The van der Waals surface area contributed by atoms with E-state index in [1.807, 2.05) is 31.2 Å². The van der Waals surface area contributed by atoms with Crippen LogP contribution in [0.5, 0.6) is 5.75 Å². The quantitative estimate of drug-likeness (QED) is 0.707. The number of aryl methyl sites for hydroxylation is 1. The summed E-state index contributed by atoms with van der Waals surface area (Å²) in [6.07, 6.45) is 4.06. The van der Waals surface area contributed by atoms with Crippen molar-refractivity contribution in [1.29, 1.82) is 0 Å². The van der Waals surface area contributed by atoms with Crippen LogP contribution in [0.1, 0.15) is 37.7 Å². The molecule has 2 rings (SSSR count). The average molecular weight is 306 g/mol. The molecular weight excluding hydrogens is 280 g/mol. The van der Waals surface area contributed by atoms with Crippen LogP contribution >= 0.6 is 0 Å². The lowest BCUT2D eigenvalue weighted by atomic mass is 9.93. The van der Waals surface area contributed by atoms with Crippen LogP contribution < -0.4 is 15.4 Å². The Labute approximate surface area is 132 Å². The highest BCUT2D eigenvalue weighted by Gasteiger charge is 2.24. The van der Waals surface area contributed by atoms with Crippen molar-refractivity contribution in [3.63, 3.8) is 0 Å². The van der Waals surface area contributed by atoms with E-state index in [9.17, 15) is 9.90 Å². The zero-order valence-electron chi connectivity index (χ0n) is 13.2. The molecule has 2 unspecified atom stereocenters. The van der Waals surface area contributed by atoms with Crippen LogP contribution in [0.4, 0.5) is 4.79 Å². The molecule has 0 aromatic heterocycles. The predicted octanol–water partition coefficient (Wildman–Crippen LogP) is 2.37. The van der Waals surface area contributed by atoms with Crippen molar-refractivity contribution >= 4 is 6.03 Å². The molecule has 22 heavy (non-hydrogen) atoms. The third-order valence-electron chi connectivity index (χ3n) is 4.00. The first kappa shape index (κ1) is 16.6. The maximum absolute atomic E-state index is 11.8. The van der Waals surface area contributed by atoms with Gasteiger partial charge in [-0.1, -0.05) is 31.0 Å². The summed E-state index contributed by atoms with van der Waals surface area (Å²) in [7, 11) is 0. The SMILES string of the molecule is Cc1ccccc1OCCCNC(=O)NC1CCCCC1O. The Hall–Kier alpha value is -1.75. The first-order valence-corrected chi connectivity index (χ1v) is 8.07. The monoisotopic (exact) mass is 306 g/mol. The predicted molar refractivity (Wildman–Crippen MR) is 86.1 cm³/mol. The third-order valence-corrected chi connectivity index (χ3v) is 4.00. The number of urea groups is 1. The highest BCUT2D eigenvalue weighted by molar-refractivity contribution is 5.74. The number of amides is 2. The highest BCUT2D eigenvalue weighted by Crippen LogP contribution is 2.18. The minimum absolute atomic E-state index is 0.114. The number of carbonyl (C=O) groups is 1. The van der Waals surface area contributed by atoms with E-state index in [2.05, 4.69) is 10.6 Å². The van der Waals surface area contributed by atoms with Gasteiger partial charge < -0.3 is 20.5 Å². The number of aliphatic hydroxyl groups is 1. The molecule has 2 atom stereocenters. The van der Waals surface area contributed by atoms with Gasteiger partial charge in [-0.15, -0.1) is 0 Å². The van der Waals surface area contributed by atoms with Crippen molar-refractivity contribution in [1.82, 2.24) is 10.6 Å². The van der Waals surface area contributed by atoms with Crippen molar-refractivity contribution < 1.29 is 14.6 Å². The van der Waals surface area contributed by atoms with Gasteiger partial charge in [0.15, 0.2) is 0 Å². The first-order chi connectivity index (χ1) is 10.7. The molecular formula is C17H26N2O3. The van der Waals surface area contributed by atoms with Crippen molar-refractivity contribution in [2.24, 2.45) is 0 Å². The zero-order chi connectivity index (χ0) is 15.8. The third kappa shape index (κ3) is 5.22. The summed E-state index contributed by atoms with van der Waals surface area (Å²) in [5.74, 6) is 0.886. The topological polar surface area (TPSA) is 70.6 Å². The van der Waals surface area contributed by atoms with E-state index in [0.29, 0.717) is 13.2 Å². The normalized spacial score (nSPS) is 21.2. The lowest BCUT2D eigenvalue weighted by Gasteiger charge is -2.28. The second kappa shape index (κ2) is 8.63. The molecule has 0 aliphatic heterocycles. The summed E-state index contributed by atoms with van der Waals surface area (Å²) in [5, 5.41) is 15.5. The number of para-hydroxylation sites is 1. The van der Waals surface area contributed by atoms with E-state index < -0.39 is 6.10 Å². The Kier molecular flexibility index (Phi) is 6.52. The van der Waals surface area contributed by atoms with Crippen molar-refractivity contribution in [2.45, 2.75) is 51.2 Å². The Bertz CT molecular complexity index is 479. The van der Waals surface area contributed by atoms with Crippen molar-refractivity contribution in [2.75, 3.05) is 13.2 Å². The van der Waals surface area contributed by atoms with E-state index >= 15 is 0 Å². The molecule has 0 heterocycles. The van der Waals surface area contributed by atoms with Crippen LogP contribution in [0.2, 0.25) is 0 Å². The highest BCUT2D eigenvalue weighted by atomic mass is 16.5. The summed E-state index contributed by atoms with van der Waals surface area (Å²) in [6.45, 7) is 3.13. The molecule has 0 bridgehead atoms. The fourth-order valence-electron chi connectivity index (χ4n) is 2.67. The number of rotatable bonds is 6. The van der Waals surface area contributed by atoms with Gasteiger partial charge in [-0.25, -0.2) is 4.79 Å². The van der Waals surface area contributed by atoms with Gasteiger partial charge in [0, 0.05) is 6.54 Å². The maximum Gasteiger partial charge on any atom is 0.315 e. The van der Waals surface area contributed by atoms with Crippen LogP contribution in [-0.4, -0.2) is 36.4 Å². The Morgan fingerprint density at radius 3 is 2.86 bits per heavy atom. The minimum Gasteiger partial charge on any atom is -0.493 e. The average Bonchev–Trinajstić information content (AvgIpc) is 2.51. The Morgan fingerprint density at radius 1 is 1.32 bits per heavy atom. The van der Waals surface area contributed by atoms with Gasteiger partial charge in [0.25, 0.3) is 0 Å². The minimum atomic E-state index is -0.413. The molecule has 0 radical (unpaired) electrons. The van der Waals surface area contributed by atoms with E-state index in [0.717, 1.165) is 43.4 Å². The molecule has 2 amide bonds. The molecule has 1 aliphatic rings. The van der Waals surface area contributed by atoms with E-state index in [-0.39, 0.29) is 12.1 Å². The maximum atomic E-state index is 11.8. The molecule has 0 spiro atoms. The van der Waals surface area contributed by atoms with Crippen LogP contribution in [-0.2, 0) is 0 Å². The molecule has 5 heteroatoms. The van der Waals surface area contributed by atoms with Gasteiger partial charge in [-0.05, 0) is 37.8 Å². The van der Waals surface area contributed by atoms with Crippen molar-refractivity contribution in [3.05, 3.63) is 29.8 Å².